The number of fused-ring (bicyclic) bond motifs is 5. The molecule has 33 heavy (non-hydrogen) atoms. The van der Waals surface area contributed by atoms with Crippen LogP contribution in [-0.4, -0.2) is 15.5 Å². The Labute approximate surface area is 197 Å². The molecule has 4 heterocycles. The maximum atomic E-state index is 13.7. The van der Waals surface area contributed by atoms with Gasteiger partial charge in [0.05, 0.1) is 31.1 Å². The molecule has 1 aromatic carbocycles. The molecule has 1 unspecified atom stereocenters. The van der Waals surface area contributed by atoms with E-state index in [2.05, 4.69) is 59.4 Å². The smallest absolute Gasteiger partial charge is 0.318 e. The fourth-order valence-corrected chi connectivity index (χ4v) is 6.57. The van der Waals surface area contributed by atoms with E-state index in [1.54, 1.807) is 6.26 Å². The molecule has 2 amide bonds. The summed E-state index contributed by atoms with van der Waals surface area (Å²) in [5, 5.41) is 4.39. The van der Waals surface area contributed by atoms with Gasteiger partial charge in [0.15, 0.2) is 0 Å². The number of benzene rings is 1. The zero-order valence-corrected chi connectivity index (χ0v) is 19.5. The molecule has 1 aliphatic carbocycles. The normalized spacial score (nSPS) is 17.1. The molecule has 1 N–H and O–H groups in total. The number of hydrogen-bond donors (Lipinski definition) is 1. The van der Waals surface area contributed by atoms with Gasteiger partial charge in [0.2, 0.25) is 0 Å². The molecule has 0 saturated heterocycles. The number of amides is 2. The van der Waals surface area contributed by atoms with Crippen molar-refractivity contribution < 1.29 is 9.21 Å². The lowest BCUT2D eigenvalue weighted by Gasteiger charge is -2.31. The number of urea groups is 1. The zero-order valence-electron chi connectivity index (χ0n) is 18.7. The Morgan fingerprint density at radius 2 is 1.94 bits per heavy atom. The second-order valence-electron chi connectivity index (χ2n) is 8.98. The first kappa shape index (κ1) is 20.4. The monoisotopic (exact) mass is 457 g/mol. The summed E-state index contributed by atoms with van der Waals surface area (Å²) in [7, 11) is 0. The zero-order chi connectivity index (χ0) is 22.4. The number of thiophene rings is 1. The Morgan fingerprint density at radius 3 is 2.76 bits per heavy atom. The average molecular weight is 458 g/mol. The van der Waals surface area contributed by atoms with Crippen molar-refractivity contribution in [2.75, 3.05) is 0 Å². The number of carbonyl (C=O) groups excluding carboxylic acids is 1. The molecule has 4 aromatic rings. The molecule has 5 nitrogen and oxygen atoms in total. The highest BCUT2D eigenvalue weighted by atomic mass is 32.1. The largest absolute Gasteiger partial charge is 0.467 e. The topological polar surface area (TPSA) is 50.4 Å². The number of nitrogens with one attached hydrogen (secondary N) is 1. The Bertz CT molecular complexity index is 1280. The van der Waals surface area contributed by atoms with Crippen LogP contribution in [0.25, 0.3) is 5.00 Å². The summed E-state index contributed by atoms with van der Waals surface area (Å²) in [6, 6.07) is 16.3. The summed E-state index contributed by atoms with van der Waals surface area (Å²) in [5.41, 5.74) is 6.25. The van der Waals surface area contributed by atoms with Crippen LogP contribution >= 0.6 is 11.3 Å². The third-order valence-corrected chi connectivity index (χ3v) is 8.16. The number of aryl methyl sites for hydroxylation is 2. The maximum absolute atomic E-state index is 13.7. The van der Waals surface area contributed by atoms with Crippen molar-refractivity contribution in [1.29, 1.82) is 0 Å². The molecule has 0 radical (unpaired) electrons. The van der Waals surface area contributed by atoms with Gasteiger partial charge in [-0.1, -0.05) is 29.8 Å². The van der Waals surface area contributed by atoms with Crippen LogP contribution in [-0.2, 0) is 25.9 Å². The minimum atomic E-state index is -0.170. The van der Waals surface area contributed by atoms with Crippen molar-refractivity contribution in [2.24, 2.45) is 0 Å². The highest BCUT2D eigenvalue weighted by molar-refractivity contribution is 7.15. The number of rotatable bonds is 3. The Hall–Kier alpha value is -3.25. The SMILES string of the molecule is Cc1ccc(C2c3cccn3-c3sc4c(c3CN2C(=O)NCc2ccco2)CCCC4)cc1. The minimum Gasteiger partial charge on any atom is -0.467 e. The predicted molar refractivity (Wildman–Crippen MR) is 130 cm³/mol. The van der Waals surface area contributed by atoms with Gasteiger partial charge >= 0.3 is 6.03 Å². The summed E-state index contributed by atoms with van der Waals surface area (Å²) in [4.78, 5) is 17.2. The molecule has 168 valence electrons. The molecular weight excluding hydrogens is 430 g/mol. The van der Waals surface area contributed by atoms with E-state index in [0.29, 0.717) is 13.1 Å². The maximum Gasteiger partial charge on any atom is 0.318 e. The Kier molecular flexibility index (Phi) is 5.10. The van der Waals surface area contributed by atoms with Crippen LogP contribution in [0.1, 0.15) is 57.5 Å². The molecule has 6 rings (SSSR count). The van der Waals surface area contributed by atoms with Crippen molar-refractivity contribution in [3.8, 4) is 5.00 Å². The molecule has 1 atom stereocenters. The van der Waals surface area contributed by atoms with E-state index in [9.17, 15) is 4.79 Å². The van der Waals surface area contributed by atoms with Gasteiger partial charge in [0.25, 0.3) is 0 Å². The van der Waals surface area contributed by atoms with Crippen LogP contribution in [0.2, 0.25) is 0 Å². The first-order valence-corrected chi connectivity index (χ1v) is 12.4. The van der Waals surface area contributed by atoms with Crippen LogP contribution in [0.3, 0.4) is 0 Å². The number of furan rings is 1. The highest BCUT2D eigenvalue weighted by Crippen LogP contribution is 2.44. The lowest BCUT2D eigenvalue weighted by Crippen LogP contribution is -2.41. The van der Waals surface area contributed by atoms with Gasteiger partial charge in [-0.2, -0.15) is 0 Å². The summed E-state index contributed by atoms with van der Waals surface area (Å²) < 4.78 is 7.77. The van der Waals surface area contributed by atoms with Crippen molar-refractivity contribution >= 4 is 17.4 Å². The lowest BCUT2D eigenvalue weighted by atomic mass is 9.95. The molecule has 3 aromatic heterocycles. The molecule has 0 saturated carbocycles. The number of carbonyl (C=O) groups is 1. The first-order valence-electron chi connectivity index (χ1n) is 11.6. The standard InChI is InChI=1S/C27H27N3O2S/c1-18-10-12-19(13-11-18)25-23-8-4-14-29(23)26-22(21-7-2-3-9-24(21)33-26)17-30(25)27(31)28-16-20-6-5-15-32-20/h4-6,8,10-15,25H,2-3,7,9,16-17H2,1H3,(H,28,31). The Balaban J connectivity index is 1.46. The van der Waals surface area contributed by atoms with Crippen molar-refractivity contribution in [1.82, 2.24) is 14.8 Å². The summed E-state index contributed by atoms with van der Waals surface area (Å²) in [6.45, 7) is 3.07. The molecule has 1 aliphatic heterocycles. The molecule has 0 fully saturated rings. The third kappa shape index (κ3) is 3.59. The van der Waals surface area contributed by atoms with E-state index in [1.807, 2.05) is 28.4 Å². The molecule has 0 bridgehead atoms. The minimum absolute atomic E-state index is 0.0756. The highest BCUT2D eigenvalue weighted by Gasteiger charge is 2.36. The molecular formula is C27H27N3O2S. The summed E-state index contributed by atoms with van der Waals surface area (Å²) in [6.07, 6.45) is 8.52. The van der Waals surface area contributed by atoms with Gasteiger partial charge < -0.3 is 19.2 Å². The average Bonchev–Trinajstić information content (AvgIpc) is 3.57. The van der Waals surface area contributed by atoms with Gasteiger partial charge in [-0.05, 0) is 68.0 Å². The number of aromatic nitrogens is 1. The number of hydrogen-bond acceptors (Lipinski definition) is 3. The van der Waals surface area contributed by atoms with E-state index in [0.717, 1.165) is 29.9 Å². The summed E-state index contributed by atoms with van der Waals surface area (Å²) in [5.74, 6) is 0.752. The van der Waals surface area contributed by atoms with Crippen molar-refractivity contribution in [2.45, 2.75) is 51.7 Å². The van der Waals surface area contributed by atoms with Crippen LogP contribution in [0.4, 0.5) is 4.79 Å². The van der Waals surface area contributed by atoms with Gasteiger partial charge in [-0.15, -0.1) is 11.3 Å². The summed E-state index contributed by atoms with van der Waals surface area (Å²) >= 11 is 1.91. The van der Waals surface area contributed by atoms with Crippen LogP contribution < -0.4 is 5.32 Å². The Morgan fingerprint density at radius 1 is 1.09 bits per heavy atom. The second-order valence-corrected chi connectivity index (χ2v) is 10.1. The van der Waals surface area contributed by atoms with Crippen LogP contribution in [0, 0.1) is 6.92 Å². The van der Waals surface area contributed by atoms with Crippen LogP contribution in [0.5, 0.6) is 0 Å². The second kappa shape index (κ2) is 8.27. The van der Waals surface area contributed by atoms with Crippen molar-refractivity contribution in [3.63, 3.8) is 0 Å². The van der Waals surface area contributed by atoms with E-state index in [1.165, 1.54) is 39.4 Å². The van der Waals surface area contributed by atoms with E-state index >= 15 is 0 Å². The first-order chi connectivity index (χ1) is 16.2. The fourth-order valence-electron chi connectivity index (χ4n) is 5.16. The predicted octanol–water partition coefficient (Wildman–Crippen LogP) is 6.13. The molecule has 0 spiro atoms. The van der Waals surface area contributed by atoms with E-state index in [-0.39, 0.29) is 12.1 Å². The third-order valence-electron chi connectivity index (χ3n) is 6.83. The van der Waals surface area contributed by atoms with Crippen LogP contribution in [0.15, 0.2) is 65.4 Å². The van der Waals surface area contributed by atoms with Crippen molar-refractivity contribution in [3.05, 3.63) is 99.6 Å². The van der Waals surface area contributed by atoms with Gasteiger partial charge in [0, 0.05) is 16.6 Å². The fraction of sp³-hybridized carbons (Fsp3) is 0.296. The van der Waals surface area contributed by atoms with Gasteiger partial charge in [-0.3, -0.25) is 0 Å². The van der Waals surface area contributed by atoms with E-state index in [4.69, 9.17) is 4.42 Å². The lowest BCUT2D eigenvalue weighted by molar-refractivity contribution is 0.179. The number of nitrogens with zero attached hydrogens (tertiary/aromatic N) is 2. The van der Waals surface area contributed by atoms with Gasteiger partial charge in [-0.25, -0.2) is 4.79 Å². The van der Waals surface area contributed by atoms with Gasteiger partial charge in [0.1, 0.15) is 10.8 Å². The molecule has 2 aliphatic rings. The quantitative estimate of drug-likeness (QED) is 0.402. The molecule has 6 heteroatoms. The van der Waals surface area contributed by atoms with E-state index < -0.39 is 0 Å².